The topological polar surface area (TPSA) is 17.1 Å². The Balaban J connectivity index is 2.30. The molecule has 1 nitrogen and oxygen atoms in total. The van der Waals surface area contributed by atoms with Crippen molar-refractivity contribution in [2.24, 2.45) is 5.41 Å². The van der Waals surface area contributed by atoms with Crippen LogP contribution in [0.25, 0.3) is 21.9 Å². The van der Waals surface area contributed by atoms with Crippen LogP contribution in [-0.2, 0) is 0 Å². The Kier molecular flexibility index (Phi) is 3.58. The van der Waals surface area contributed by atoms with Crippen molar-refractivity contribution in [1.82, 2.24) is 0 Å². The van der Waals surface area contributed by atoms with Gasteiger partial charge < -0.3 is 0 Å². The molecule has 0 aliphatic carbocycles. The number of fused-ring (bicyclic) bond motifs is 1. The van der Waals surface area contributed by atoms with E-state index in [4.69, 9.17) is 0 Å². The number of rotatable bonds is 2. The maximum atomic E-state index is 12.9. The van der Waals surface area contributed by atoms with Crippen LogP contribution in [-0.4, -0.2) is 5.78 Å². The zero-order valence-electron chi connectivity index (χ0n) is 13.3. The second kappa shape index (κ2) is 5.42. The van der Waals surface area contributed by atoms with Gasteiger partial charge in [-0.15, -0.1) is 0 Å². The van der Waals surface area contributed by atoms with Crippen molar-refractivity contribution in [2.45, 2.75) is 20.8 Å². The molecule has 3 aromatic carbocycles. The predicted octanol–water partition coefficient (Wildman–Crippen LogP) is 5.74. The van der Waals surface area contributed by atoms with E-state index in [2.05, 4.69) is 30.3 Å². The van der Waals surface area contributed by atoms with E-state index < -0.39 is 5.41 Å². The zero-order valence-corrected chi connectivity index (χ0v) is 13.3. The monoisotopic (exact) mass is 288 g/mol. The van der Waals surface area contributed by atoms with Gasteiger partial charge in [-0.25, -0.2) is 0 Å². The minimum absolute atomic E-state index is 0.178. The molecular weight excluding hydrogens is 268 g/mol. The van der Waals surface area contributed by atoms with Gasteiger partial charge in [0.15, 0.2) is 5.78 Å². The zero-order chi connectivity index (χ0) is 15.7. The summed E-state index contributed by atoms with van der Waals surface area (Å²) in [7, 11) is 0. The molecular formula is C21H20O. The van der Waals surface area contributed by atoms with Gasteiger partial charge in [0.1, 0.15) is 0 Å². The molecule has 110 valence electrons. The lowest BCUT2D eigenvalue weighted by Crippen LogP contribution is -2.21. The lowest BCUT2D eigenvalue weighted by molar-refractivity contribution is 0.0859. The number of hydrogen-bond donors (Lipinski definition) is 0. The molecule has 0 aliphatic rings. The summed E-state index contributed by atoms with van der Waals surface area (Å²) in [5, 5.41) is 2.27. The van der Waals surface area contributed by atoms with E-state index in [9.17, 15) is 4.79 Å². The van der Waals surface area contributed by atoms with Gasteiger partial charge in [-0.1, -0.05) is 75.4 Å². The summed E-state index contributed by atoms with van der Waals surface area (Å²) in [6, 6.07) is 22.5. The lowest BCUT2D eigenvalue weighted by atomic mass is 9.82. The Morgan fingerprint density at radius 1 is 0.773 bits per heavy atom. The fourth-order valence-corrected chi connectivity index (χ4v) is 2.69. The largest absolute Gasteiger partial charge is 0.294 e. The van der Waals surface area contributed by atoms with Crippen molar-refractivity contribution in [1.29, 1.82) is 0 Å². The third-order valence-electron chi connectivity index (χ3n) is 3.90. The van der Waals surface area contributed by atoms with Gasteiger partial charge in [-0.2, -0.15) is 0 Å². The highest BCUT2D eigenvalue weighted by Gasteiger charge is 2.25. The third kappa shape index (κ3) is 2.67. The molecule has 3 rings (SSSR count). The van der Waals surface area contributed by atoms with Gasteiger partial charge >= 0.3 is 0 Å². The molecule has 0 N–H and O–H groups in total. The van der Waals surface area contributed by atoms with Crippen LogP contribution in [0.1, 0.15) is 31.1 Å². The molecule has 0 heterocycles. The first-order valence-electron chi connectivity index (χ1n) is 7.60. The first-order chi connectivity index (χ1) is 10.5. The van der Waals surface area contributed by atoms with E-state index in [1.54, 1.807) is 0 Å². The van der Waals surface area contributed by atoms with Crippen LogP contribution >= 0.6 is 0 Å². The molecule has 0 amide bonds. The predicted molar refractivity (Wildman–Crippen MR) is 93.2 cm³/mol. The summed E-state index contributed by atoms with van der Waals surface area (Å²) >= 11 is 0. The van der Waals surface area contributed by atoms with Gasteiger partial charge in [0.05, 0.1) is 0 Å². The molecule has 0 bridgehead atoms. The summed E-state index contributed by atoms with van der Waals surface area (Å²) in [6.45, 7) is 5.91. The van der Waals surface area contributed by atoms with Crippen LogP contribution in [0.15, 0.2) is 66.7 Å². The minimum Gasteiger partial charge on any atom is -0.294 e. The molecule has 0 radical (unpaired) electrons. The Labute approximate surface area is 131 Å². The number of carbonyl (C=O) groups excluding carboxylic acids is 1. The van der Waals surface area contributed by atoms with E-state index >= 15 is 0 Å². The molecule has 0 aromatic heterocycles. The standard InChI is InChI=1S/C21H20O/c1-21(2,3)20(22)19-14-17-12-8-7-11-16(17)13-18(19)15-9-5-4-6-10-15/h4-14H,1-3H3. The van der Waals surface area contributed by atoms with Crippen molar-refractivity contribution in [3.05, 3.63) is 72.3 Å². The van der Waals surface area contributed by atoms with Crippen LogP contribution < -0.4 is 0 Å². The van der Waals surface area contributed by atoms with E-state index in [0.29, 0.717) is 0 Å². The second-order valence-corrected chi connectivity index (χ2v) is 6.69. The lowest BCUT2D eigenvalue weighted by Gasteiger charge is -2.20. The summed E-state index contributed by atoms with van der Waals surface area (Å²) in [5.74, 6) is 0.178. The molecule has 22 heavy (non-hydrogen) atoms. The van der Waals surface area contributed by atoms with E-state index in [-0.39, 0.29) is 5.78 Å². The molecule has 0 aliphatic heterocycles. The smallest absolute Gasteiger partial charge is 0.168 e. The van der Waals surface area contributed by atoms with Gasteiger partial charge in [0.2, 0.25) is 0 Å². The Hall–Kier alpha value is -2.41. The van der Waals surface area contributed by atoms with Crippen LogP contribution in [0, 0.1) is 5.41 Å². The maximum absolute atomic E-state index is 12.9. The van der Waals surface area contributed by atoms with E-state index in [1.807, 2.05) is 57.2 Å². The number of ketones is 1. The summed E-state index contributed by atoms with van der Waals surface area (Å²) in [5.41, 5.74) is 2.50. The van der Waals surface area contributed by atoms with Gasteiger partial charge in [-0.05, 0) is 34.0 Å². The van der Waals surface area contributed by atoms with Crippen molar-refractivity contribution in [3.8, 4) is 11.1 Å². The van der Waals surface area contributed by atoms with Crippen molar-refractivity contribution < 1.29 is 4.79 Å². The summed E-state index contributed by atoms with van der Waals surface area (Å²) < 4.78 is 0. The quantitative estimate of drug-likeness (QED) is 0.550. The molecule has 0 saturated carbocycles. The number of carbonyl (C=O) groups is 1. The molecule has 0 unspecified atom stereocenters. The number of benzene rings is 3. The molecule has 0 fully saturated rings. The van der Waals surface area contributed by atoms with Crippen LogP contribution in [0.3, 0.4) is 0 Å². The van der Waals surface area contributed by atoms with Gasteiger partial charge in [-0.3, -0.25) is 4.79 Å². The number of hydrogen-bond acceptors (Lipinski definition) is 1. The Morgan fingerprint density at radius 2 is 1.32 bits per heavy atom. The molecule has 0 atom stereocenters. The van der Waals surface area contributed by atoms with E-state index in [0.717, 1.165) is 27.5 Å². The molecule has 3 aromatic rings. The fraction of sp³-hybridized carbons (Fsp3) is 0.190. The Bertz CT molecular complexity index is 823. The SMILES string of the molecule is CC(C)(C)C(=O)c1cc2ccccc2cc1-c1ccccc1. The first-order valence-corrected chi connectivity index (χ1v) is 7.60. The second-order valence-electron chi connectivity index (χ2n) is 6.69. The van der Waals surface area contributed by atoms with E-state index in [1.165, 1.54) is 0 Å². The first kappa shape index (κ1) is 14.5. The van der Waals surface area contributed by atoms with Gasteiger partial charge in [0, 0.05) is 11.0 Å². The highest BCUT2D eigenvalue weighted by molar-refractivity contribution is 6.08. The maximum Gasteiger partial charge on any atom is 0.168 e. The molecule has 1 heteroatoms. The summed E-state index contributed by atoms with van der Waals surface area (Å²) in [6.07, 6.45) is 0. The van der Waals surface area contributed by atoms with Crippen LogP contribution in [0.4, 0.5) is 0 Å². The van der Waals surface area contributed by atoms with Crippen LogP contribution in [0.5, 0.6) is 0 Å². The van der Waals surface area contributed by atoms with Crippen molar-refractivity contribution in [2.75, 3.05) is 0 Å². The third-order valence-corrected chi connectivity index (χ3v) is 3.90. The average molecular weight is 288 g/mol. The van der Waals surface area contributed by atoms with Gasteiger partial charge in [0.25, 0.3) is 0 Å². The highest BCUT2D eigenvalue weighted by Crippen LogP contribution is 2.33. The Morgan fingerprint density at radius 3 is 1.91 bits per heavy atom. The summed E-state index contributed by atoms with van der Waals surface area (Å²) in [4.78, 5) is 12.9. The fourth-order valence-electron chi connectivity index (χ4n) is 2.69. The molecule has 0 saturated heterocycles. The molecule has 0 spiro atoms. The minimum atomic E-state index is -0.397. The average Bonchev–Trinajstić information content (AvgIpc) is 2.53. The van der Waals surface area contributed by atoms with Crippen molar-refractivity contribution in [3.63, 3.8) is 0 Å². The normalized spacial score (nSPS) is 11.6. The van der Waals surface area contributed by atoms with Crippen molar-refractivity contribution >= 4 is 16.6 Å². The number of Topliss-reactive ketones (excluding diaryl/α,β-unsaturated/α-hetero) is 1. The highest BCUT2D eigenvalue weighted by atomic mass is 16.1. The van der Waals surface area contributed by atoms with Crippen LogP contribution in [0.2, 0.25) is 0 Å².